The molecular formula is C20H27N3O2. The smallest absolute Gasteiger partial charge is 0.240 e. The van der Waals surface area contributed by atoms with Crippen molar-refractivity contribution in [3.8, 4) is 0 Å². The summed E-state index contributed by atoms with van der Waals surface area (Å²) in [4.78, 5) is 26.0. The summed E-state index contributed by atoms with van der Waals surface area (Å²) in [6.07, 6.45) is 3.05. The molecule has 0 aliphatic carbocycles. The Hall–Kier alpha value is -2.17. The van der Waals surface area contributed by atoms with Gasteiger partial charge in [-0.25, -0.2) is 5.43 Å². The number of carbonyl (C=O) groups excluding carboxylic acids is 2. The maximum atomic E-state index is 12.6. The van der Waals surface area contributed by atoms with Crippen LogP contribution >= 0.6 is 0 Å². The summed E-state index contributed by atoms with van der Waals surface area (Å²) in [7, 11) is 0. The first-order chi connectivity index (χ1) is 11.8. The lowest BCUT2D eigenvalue weighted by molar-refractivity contribution is -0.122. The molecule has 1 atom stereocenters. The number of carbonyl (C=O) groups is 2. The fraction of sp³-hybridized carbons (Fsp3) is 0.550. The van der Waals surface area contributed by atoms with Gasteiger partial charge < -0.3 is 4.90 Å². The number of hydrazone groups is 1. The van der Waals surface area contributed by atoms with Crippen molar-refractivity contribution in [3.63, 3.8) is 0 Å². The third-order valence-corrected chi connectivity index (χ3v) is 5.20. The first-order valence-corrected chi connectivity index (χ1v) is 9.15. The van der Waals surface area contributed by atoms with E-state index in [1.165, 1.54) is 5.56 Å². The van der Waals surface area contributed by atoms with Crippen LogP contribution in [0.2, 0.25) is 0 Å². The monoisotopic (exact) mass is 341 g/mol. The summed E-state index contributed by atoms with van der Waals surface area (Å²) in [5.74, 6) is 0.261. The van der Waals surface area contributed by atoms with E-state index < -0.39 is 0 Å². The number of rotatable bonds is 4. The molecule has 0 radical (unpaired) electrons. The number of nitrogens with one attached hydrogen (secondary N) is 1. The van der Waals surface area contributed by atoms with Crippen molar-refractivity contribution >= 4 is 23.2 Å². The average molecular weight is 341 g/mol. The molecule has 3 rings (SSSR count). The average Bonchev–Trinajstić information content (AvgIpc) is 2.54. The Morgan fingerprint density at radius 3 is 2.76 bits per heavy atom. The third-order valence-electron chi connectivity index (χ3n) is 5.20. The zero-order valence-electron chi connectivity index (χ0n) is 15.6. The van der Waals surface area contributed by atoms with Gasteiger partial charge in [0.15, 0.2) is 0 Å². The van der Waals surface area contributed by atoms with Gasteiger partial charge in [-0.15, -0.1) is 0 Å². The molecule has 1 unspecified atom stereocenters. The highest BCUT2D eigenvalue weighted by Crippen LogP contribution is 2.41. The van der Waals surface area contributed by atoms with Crippen molar-refractivity contribution in [2.24, 2.45) is 11.0 Å². The second-order valence-corrected chi connectivity index (χ2v) is 7.83. The number of anilines is 1. The molecule has 2 aliphatic heterocycles. The Morgan fingerprint density at radius 1 is 1.32 bits per heavy atom. The van der Waals surface area contributed by atoms with E-state index >= 15 is 0 Å². The normalized spacial score (nSPS) is 22.3. The van der Waals surface area contributed by atoms with Gasteiger partial charge in [-0.2, -0.15) is 5.10 Å². The molecule has 0 saturated carbocycles. The molecule has 2 heterocycles. The van der Waals surface area contributed by atoms with Gasteiger partial charge in [0.2, 0.25) is 11.8 Å². The van der Waals surface area contributed by atoms with Crippen LogP contribution in [-0.2, 0) is 15.0 Å². The topological polar surface area (TPSA) is 61.8 Å². The summed E-state index contributed by atoms with van der Waals surface area (Å²) in [6, 6.07) is 6.23. The molecule has 0 fully saturated rings. The molecule has 2 amide bonds. The molecule has 1 aromatic rings. The Morgan fingerprint density at radius 2 is 2.08 bits per heavy atom. The lowest BCUT2D eigenvalue weighted by atomic mass is 9.76. The van der Waals surface area contributed by atoms with Crippen LogP contribution in [0.1, 0.15) is 64.5 Å². The fourth-order valence-electron chi connectivity index (χ4n) is 3.74. The van der Waals surface area contributed by atoms with Crippen LogP contribution in [0.3, 0.4) is 0 Å². The van der Waals surface area contributed by atoms with Crippen molar-refractivity contribution in [2.75, 3.05) is 11.4 Å². The number of benzene rings is 1. The number of fused-ring (bicyclic) bond motifs is 1. The van der Waals surface area contributed by atoms with E-state index in [0.717, 1.165) is 36.3 Å². The molecule has 1 aromatic carbocycles. The first-order valence-electron chi connectivity index (χ1n) is 9.15. The quantitative estimate of drug-likeness (QED) is 0.913. The minimum absolute atomic E-state index is 0.0362. The third kappa shape index (κ3) is 3.32. The Kier molecular flexibility index (Phi) is 4.67. The van der Waals surface area contributed by atoms with E-state index in [1.807, 2.05) is 24.0 Å². The highest BCUT2D eigenvalue weighted by Gasteiger charge is 2.37. The summed E-state index contributed by atoms with van der Waals surface area (Å²) < 4.78 is 0. The molecular weight excluding hydrogens is 314 g/mol. The van der Waals surface area contributed by atoms with Gasteiger partial charge in [-0.1, -0.05) is 40.2 Å². The second-order valence-electron chi connectivity index (χ2n) is 7.83. The number of hydrogen-bond donors (Lipinski definition) is 1. The summed E-state index contributed by atoms with van der Waals surface area (Å²) in [5, 5.41) is 4.28. The fourth-order valence-corrected chi connectivity index (χ4v) is 3.74. The zero-order chi connectivity index (χ0) is 18.2. The molecule has 2 aliphatic rings. The van der Waals surface area contributed by atoms with Gasteiger partial charge in [-0.05, 0) is 29.7 Å². The van der Waals surface area contributed by atoms with Crippen LogP contribution < -0.4 is 10.3 Å². The van der Waals surface area contributed by atoms with Gasteiger partial charge >= 0.3 is 0 Å². The molecule has 0 saturated heterocycles. The standard InChI is InChI=1S/C20H27N3O2/c1-5-6-9-23-16-8-7-14(19-13(2)10-17(24)21-22-19)11-15(16)20(3,4)12-18(23)25/h7-8,11,13H,5-6,9-10,12H2,1-4H3,(H,21,24). The summed E-state index contributed by atoms with van der Waals surface area (Å²) >= 11 is 0. The van der Waals surface area contributed by atoms with E-state index in [2.05, 4.69) is 37.4 Å². The molecule has 5 heteroatoms. The lowest BCUT2D eigenvalue weighted by Gasteiger charge is -2.39. The van der Waals surface area contributed by atoms with Gasteiger partial charge in [0.25, 0.3) is 0 Å². The van der Waals surface area contributed by atoms with Crippen molar-refractivity contribution in [3.05, 3.63) is 29.3 Å². The van der Waals surface area contributed by atoms with Gasteiger partial charge in [0, 0.05) is 36.4 Å². The molecule has 0 aromatic heterocycles. The molecule has 5 nitrogen and oxygen atoms in total. The Labute approximate surface area is 149 Å². The van der Waals surface area contributed by atoms with Crippen molar-refractivity contribution < 1.29 is 9.59 Å². The minimum Gasteiger partial charge on any atom is -0.312 e. The highest BCUT2D eigenvalue weighted by molar-refractivity contribution is 6.07. The molecule has 134 valence electrons. The number of unbranched alkanes of at least 4 members (excludes halogenated alkanes) is 1. The van der Waals surface area contributed by atoms with E-state index in [1.54, 1.807) is 0 Å². The lowest BCUT2D eigenvalue weighted by Crippen LogP contribution is -2.42. The van der Waals surface area contributed by atoms with Gasteiger partial charge in [-0.3, -0.25) is 9.59 Å². The first kappa shape index (κ1) is 17.6. The minimum atomic E-state index is -0.202. The Balaban J connectivity index is 2.02. The van der Waals surface area contributed by atoms with Crippen LogP contribution in [0.5, 0.6) is 0 Å². The maximum absolute atomic E-state index is 12.6. The number of amides is 2. The van der Waals surface area contributed by atoms with Crippen LogP contribution in [-0.4, -0.2) is 24.1 Å². The van der Waals surface area contributed by atoms with Crippen LogP contribution in [0.25, 0.3) is 0 Å². The van der Waals surface area contributed by atoms with Crippen LogP contribution in [0, 0.1) is 5.92 Å². The van der Waals surface area contributed by atoms with E-state index in [-0.39, 0.29) is 23.1 Å². The molecule has 1 N–H and O–H groups in total. The molecule has 0 spiro atoms. The zero-order valence-corrected chi connectivity index (χ0v) is 15.6. The maximum Gasteiger partial charge on any atom is 0.240 e. The SMILES string of the molecule is CCCCN1C(=O)CC(C)(C)c2cc(C3=NNC(=O)CC3C)ccc21. The molecule has 0 bridgehead atoms. The van der Waals surface area contributed by atoms with E-state index in [9.17, 15) is 9.59 Å². The highest BCUT2D eigenvalue weighted by atomic mass is 16.2. The van der Waals surface area contributed by atoms with Crippen molar-refractivity contribution in [1.29, 1.82) is 0 Å². The number of nitrogens with zero attached hydrogens (tertiary/aromatic N) is 2. The van der Waals surface area contributed by atoms with Gasteiger partial charge in [0.05, 0.1) is 5.71 Å². The van der Waals surface area contributed by atoms with E-state index in [0.29, 0.717) is 12.8 Å². The largest absolute Gasteiger partial charge is 0.312 e. The second kappa shape index (κ2) is 6.62. The molecule has 25 heavy (non-hydrogen) atoms. The van der Waals surface area contributed by atoms with E-state index in [4.69, 9.17) is 0 Å². The predicted octanol–water partition coefficient (Wildman–Crippen LogP) is 3.36. The van der Waals surface area contributed by atoms with Crippen molar-refractivity contribution in [1.82, 2.24) is 5.43 Å². The van der Waals surface area contributed by atoms with Crippen LogP contribution in [0.4, 0.5) is 5.69 Å². The van der Waals surface area contributed by atoms with Gasteiger partial charge in [0.1, 0.15) is 0 Å². The van der Waals surface area contributed by atoms with Crippen LogP contribution in [0.15, 0.2) is 23.3 Å². The number of hydrogen-bond acceptors (Lipinski definition) is 3. The Bertz CT molecular complexity index is 736. The summed E-state index contributed by atoms with van der Waals surface area (Å²) in [6.45, 7) is 9.18. The predicted molar refractivity (Wildman–Crippen MR) is 99.8 cm³/mol. The van der Waals surface area contributed by atoms with Crippen molar-refractivity contribution in [2.45, 2.75) is 58.8 Å². The summed E-state index contributed by atoms with van der Waals surface area (Å²) in [5.41, 5.74) is 6.54.